The van der Waals surface area contributed by atoms with Crippen molar-refractivity contribution >= 4 is 17.8 Å². The van der Waals surface area contributed by atoms with Crippen LogP contribution in [0.1, 0.15) is 31.2 Å². The molecule has 1 amide bonds. The van der Waals surface area contributed by atoms with Crippen LogP contribution in [0.15, 0.2) is 30.3 Å². The van der Waals surface area contributed by atoms with Crippen molar-refractivity contribution in [3.05, 3.63) is 35.9 Å². The predicted molar refractivity (Wildman–Crippen MR) is 97.9 cm³/mol. The van der Waals surface area contributed by atoms with Gasteiger partial charge >= 0.3 is 12.1 Å². The maximum Gasteiger partial charge on any atom is 0.410 e. The van der Waals surface area contributed by atoms with Crippen molar-refractivity contribution in [2.24, 2.45) is 5.92 Å². The summed E-state index contributed by atoms with van der Waals surface area (Å²) in [5.41, 5.74) is 0.939. The average molecular weight is 374 g/mol. The molecule has 0 spiro atoms. The fraction of sp³-hybridized carbons (Fsp3) is 0.550. The third-order valence-electron chi connectivity index (χ3n) is 5.12. The molecule has 1 atom stereocenters. The van der Waals surface area contributed by atoms with Gasteiger partial charge in [0.05, 0.1) is 0 Å². The zero-order valence-electron chi connectivity index (χ0n) is 15.4. The summed E-state index contributed by atoms with van der Waals surface area (Å²) >= 11 is 0. The molecule has 2 saturated heterocycles. The Kier molecular flexibility index (Phi) is 6.81. The van der Waals surface area contributed by atoms with E-state index in [2.05, 4.69) is 5.32 Å². The monoisotopic (exact) mass is 374 g/mol. The minimum atomic E-state index is -0.358. The summed E-state index contributed by atoms with van der Waals surface area (Å²) < 4.78 is 10.5. The van der Waals surface area contributed by atoms with Crippen LogP contribution in [0, 0.1) is 5.92 Å². The number of carbonyl (C=O) groups is 3. The summed E-state index contributed by atoms with van der Waals surface area (Å²) in [6, 6.07) is 9.24. The van der Waals surface area contributed by atoms with E-state index in [9.17, 15) is 14.4 Å². The lowest BCUT2D eigenvalue weighted by atomic mass is 9.93. The highest BCUT2D eigenvalue weighted by Gasteiger charge is 2.30. The molecule has 0 radical (unpaired) electrons. The molecule has 0 aliphatic carbocycles. The van der Waals surface area contributed by atoms with E-state index in [-0.39, 0.29) is 43.0 Å². The smallest absolute Gasteiger partial charge is 0.410 e. The number of amides is 1. The van der Waals surface area contributed by atoms with Crippen LogP contribution in [-0.2, 0) is 25.7 Å². The number of esters is 1. The summed E-state index contributed by atoms with van der Waals surface area (Å²) in [5, 5.41) is 3.06. The molecule has 0 saturated carbocycles. The van der Waals surface area contributed by atoms with Crippen molar-refractivity contribution in [3.8, 4) is 0 Å². The quantitative estimate of drug-likeness (QED) is 0.766. The number of Topliss-reactive ketones (excluding diaryl/α,β-unsaturated/α-hetero) is 1. The molecule has 7 nitrogen and oxygen atoms in total. The zero-order valence-corrected chi connectivity index (χ0v) is 15.4. The highest BCUT2D eigenvalue weighted by atomic mass is 16.6. The Morgan fingerprint density at radius 2 is 1.78 bits per heavy atom. The van der Waals surface area contributed by atoms with Crippen LogP contribution in [0.3, 0.4) is 0 Å². The van der Waals surface area contributed by atoms with E-state index in [1.165, 1.54) is 0 Å². The Hall–Kier alpha value is -2.41. The lowest BCUT2D eigenvalue weighted by molar-refractivity contribution is -0.151. The van der Waals surface area contributed by atoms with E-state index in [1.807, 2.05) is 30.3 Å². The van der Waals surface area contributed by atoms with Crippen molar-refractivity contribution in [3.63, 3.8) is 0 Å². The van der Waals surface area contributed by atoms with Gasteiger partial charge in [0.25, 0.3) is 0 Å². The number of carbonyl (C=O) groups excluding carboxylic acids is 3. The van der Waals surface area contributed by atoms with Crippen LogP contribution in [-0.4, -0.2) is 55.0 Å². The Labute approximate surface area is 159 Å². The van der Waals surface area contributed by atoms with Crippen LogP contribution in [0.5, 0.6) is 0 Å². The van der Waals surface area contributed by atoms with Gasteiger partial charge in [-0.1, -0.05) is 30.3 Å². The molecule has 2 aliphatic rings. The van der Waals surface area contributed by atoms with Crippen LogP contribution in [0.2, 0.25) is 0 Å². The molecule has 7 heteroatoms. The molecule has 2 fully saturated rings. The van der Waals surface area contributed by atoms with Gasteiger partial charge in [-0.05, 0) is 37.8 Å². The number of rotatable bonds is 6. The van der Waals surface area contributed by atoms with E-state index < -0.39 is 0 Å². The normalized spacial score (nSPS) is 20.3. The summed E-state index contributed by atoms with van der Waals surface area (Å²) in [6.07, 6.45) is 2.49. The minimum Gasteiger partial charge on any atom is -0.457 e. The molecule has 2 aliphatic heterocycles. The highest BCUT2D eigenvalue weighted by molar-refractivity contribution is 5.85. The summed E-state index contributed by atoms with van der Waals surface area (Å²) in [6.45, 7) is 1.82. The van der Waals surface area contributed by atoms with Gasteiger partial charge < -0.3 is 19.7 Å². The van der Waals surface area contributed by atoms with Gasteiger partial charge in [0.2, 0.25) is 0 Å². The van der Waals surface area contributed by atoms with E-state index in [0.717, 1.165) is 24.9 Å². The molecule has 1 aromatic carbocycles. The topological polar surface area (TPSA) is 84.9 Å². The number of hydrogen-bond donors (Lipinski definition) is 1. The second kappa shape index (κ2) is 9.50. The van der Waals surface area contributed by atoms with E-state index in [0.29, 0.717) is 25.9 Å². The van der Waals surface area contributed by atoms with Crippen molar-refractivity contribution in [2.45, 2.75) is 38.3 Å². The van der Waals surface area contributed by atoms with E-state index in [1.54, 1.807) is 4.90 Å². The summed E-state index contributed by atoms with van der Waals surface area (Å²) in [4.78, 5) is 37.9. The minimum absolute atomic E-state index is 0.0707. The Morgan fingerprint density at radius 1 is 1.04 bits per heavy atom. The van der Waals surface area contributed by atoms with Gasteiger partial charge in [-0.15, -0.1) is 0 Å². The van der Waals surface area contributed by atoms with Gasteiger partial charge in [0.1, 0.15) is 19.3 Å². The average Bonchev–Trinajstić information content (AvgIpc) is 3.26. The predicted octanol–water partition coefficient (Wildman–Crippen LogP) is 1.90. The number of ketones is 1. The fourth-order valence-corrected chi connectivity index (χ4v) is 3.44. The Balaban J connectivity index is 1.35. The largest absolute Gasteiger partial charge is 0.457 e. The SMILES string of the molecule is O=C(COC(=O)[C@@H]1CCCN1)C1CCN(C(=O)OCc2ccccc2)CC1. The molecule has 3 rings (SSSR count). The van der Waals surface area contributed by atoms with Crippen LogP contribution < -0.4 is 5.32 Å². The lowest BCUT2D eigenvalue weighted by Crippen LogP contribution is -2.41. The van der Waals surface area contributed by atoms with Gasteiger partial charge in [0, 0.05) is 19.0 Å². The number of nitrogens with one attached hydrogen (secondary N) is 1. The third kappa shape index (κ3) is 5.53. The molecule has 0 bridgehead atoms. The first-order chi connectivity index (χ1) is 13.1. The number of benzene rings is 1. The van der Waals surface area contributed by atoms with Gasteiger partial charge in [0.15, 0.2) is 5.78 Å². The van der Waals surface area contributed by atoms with Gasteiger partial charge in [-0.2, -0.15) is 0 Å². The molecule has 1 N–H and O–H groups in total. The van der Waals surface area contributed by atoms with Crippen molar-refractivity contribution in [1.82, 2.24) is 10.2 Å². The summed E-state index contributed by atoms with van der Waals surface area (Å²) in [7, 11) is 0. The molecule has 0 unspecified atom stereocenters. The third-order valence-corrected chi connectivity index (χ3v) is 5.12. The number of piperidine rings is 1. The van der Waals surface area contributed by atoms with Crippen LogP contribution >= 0.6 is 0 Å². The van der Waals surface area contributed by atoms with Crippen molar-refractivity contribution in [2.75, 3.05) is 26.2 Å². The second-order valence-electron chi connectivity index (χ2n) is 7.02. The maximum absolute atomic E-state index is 12.3. The molecule has 0 aromatic heterocycles. The van der Waals surface area contributed by atoms with Crippen LogP contribution in [0.4, 0.5) is 4.79 Å². The first kappa shape index (κ1) is 19.4. The number of likely N-dealkylation sites (tertiary alicyclic amines) is 1. The van der Waals surface area contributed by atoms with Crippen LogP contribution in [0.25, 0.3) is 0 Å². The summed E-state index contributed by atoms with van der Waals surface area (Å²) in [5.74, 6) is -0.589. The van der Waals surface area contributed by atoms with Gasteiger partial charge in [-0.3, -0.25) is 9.59 Å². The Morgan fingerprint density at radius 3 is 2.44 bits per heavy atom. The highest BCUT2D eigenvalue weighted by Crippen LogP contribution is 2.19. The maximum atomic E-state index is 12.3. The molecule has 146 valence electrons. The lowest BCUT2D eigenvalue weighted by Gasteiger charge is -2.30. The fourth-order valence-electron chi connectivity index (χ4n) is 3.44. The van der Waals surface area contributed by atoms with Crippen molar-refractivity contribution < 1.29 is 23.9 Å². The standard InChI is InChI=1S/C20H26N2O5/c23-18(14-26-19(24)17-7-4-10-21-17)16-8-11-22(12-9-16)20(25)27-13-15-5-2-1-3-6-15/h1-3,5-6,16-17,21H,4,7-14H2/t17-/m0/s1. The first-order valence-corrected chi connectivity index (χ1v) is 9.52. The number of hydrogen-bond acceptors (Lipinski definition) is 6. The molecule has 27 heavy (non-hydrogen) atoms. The first-order valence-electron chi connectivity index (χ1n) is 9.52. The second-order valence-corrected chi connectivity index (χ2v) is 7.02. The van der Waals surface area contributed by atoms with Gasteiger partial charge in [-0.25, -0.2) is 4.79 Å². The molecular weight excluding hydrogens is 348 g/mol. The van der Waals surface area contributed by atoms with E-state index in [4.69, 9.17) is 9.47 Å². The number of nitrogens with zero attached hydrogens (tertiary/aromatic N) is 1. The molecular formula is C20H26N2O5. The molecule has 2 heterocycles. The Bertz CT molecular complexity index is 650. The van der Waals surface area contributed by atoms with Crippen molar-refractivity contribution in [1.29, 1.82) is 0 Å². The number of ether oxygens (including phenoxy) is 2. The van der Waals surface area contributed by atoms with E-state index >= 15 is 0 Å². The zero-order chi connectivity index (χ0) is 19.1. The molecule has 1 aromatic rings.